The van der Waals surface area contributed by atoms with Gasteiger partial charge < -0.3 is 10.4 Å². The minimum absolute atomic E-state index is 0.100. The van der Waals surface area contributed by atoms with Gasteiger partial charge in [0.25, 0.3) is 0 Å². The van der Waals surface area contributed by atoms with Gasteiger partial charge in [0.05, 0.1) is 11.2 Å². The maximum atomic E-state index is 13.7. The first-order chi connectivity index (χ1) is 9.40. The topological polar surface area (TPSA) is 50.1 Å². The quantitative estimate of drug-likeness (QED) is 0.889. The Morgan fingerprint density at radius 2 is 2.25 bits per heavy atom. The third-order valence-electron chi connectivity index (χ3n) is 3.14. The average Bonchev–Trinajstić information content (AvgIpc) is 2.82. The predicted octanol–water partition coefficient (Wildman–Crippen LogP) is 2.21. The van der Waals surface area contributed by atoms with Crippen molar-refractivity contribution in [3.8, 4) is 0 Å². The number of nitrogens with one attached hydrogen (secondary N) is 1. The molecule has 1 aromatic carbocycles. The Kier molecular flexibility index (Phi) is 4.42. The number of aryl methyl sites for hydroxylation is 1. The zero-order chi connectivity index (χ0) is 14.8. The van der Waals surface area contributed by atoms with E-state index in [9.17, 15) is 9.50 Å². The monoisotopic (exact) mass is 297 g/mol. The number of hydrogen-bond acceptors (Lipinski definition) is 3. The van der Waals surface area contributed by atoms with Gasteiger partial charge >= 0.3 is 0 Å². The van der Waals surface area contributed by atoms with Crippen LogP contribution in [0.1, 0.15) is 18.1 Å². The molecule has 1 atom stereocenters. The molecule has 1 unspecified atom stereocenters. The molecule has 0 bridgehead atoms. The van der Waals surface area contributed by atoms with Crippen molar-refractivity contribution in [3.05, 3.63) is 52.6 Å². The number of hydrogen-bond donors (Lipinski definition) is 2. The molecule has 2 aromatic rings. The molecule has 0 spiro atoms. The van der Waals surface area contributed by atoms with Crippen molar-refractivity contribution in [2.45, 2.75) is 19.1 Å². The van der Waals surface area contributed by atoms with Crippen LogP contribution in [0.25, 0.3) is 0 Å². The van der Waals surface area contributed by atoms with Crippen LogP contribution < -0.4 is 5.32 Å². The zero-order valence-corrected chi connectivity index (χ0v) is 12.2. The van der Waals surface area contributed by atoms with Crippen LogP contribution in [0, 0.1) is 5.82 Å². The standard InChI is InChI=1S/C14H17ClFN3O/c1-14(20,11-7-18-19(2)8-11)9-17-6-10-4-3-5-12(15)13(10)16/h3-5,7-8,17,20H,6,9H2,1-2H3. The summed E-state index contributed by atoms with van der Waals surface area (Å²) in [5.41, 5.74) is 0.113. The second-order valence-electron chi connectivity index (χ2n) is 4.99. The normalized spacial score (nSPS) is 14.2. The van der Waals surface area contributed by atoms with Crippen LogP contribution in [-0.4, -0.2) is 21.4 Å². The lowest BCUT2D eigenvalue weighted by Gasteiger charge is -2.22. The Hall–Kier alpha value is -1.43. The molecule has 108 valence electrons. The molecule has 0 aliphatic rings. The summed E-state index contributed by atoms with van der Waals surface area (Å²) in [5, 5.41) is 17.5. The van der Waals surface area contributed by atoms with Gasteiger partial charge in [-0.3, -0.25) is 4.68 Å². The van der Waals surface area contributed by atoms with Gasteiger partial charge in [-0.05, 0) is 13.0 Å². The largest absolute Gasteiger partial charge is 0.384 e. The lowest BCUT2D eigenvalue weighted by molar-refractivity contribution is 0.0565. The van der Waals surface area contributed by atoms with Crippen molar-refractivity contribution in [2.75, 3.05) is 6.54 Å². The van der Waals surface area contributed by atoms with E-state index in [0.29, 0.717) is 17.7 Å². The van der Waals surface area contributed by atoms with Gasteiger partial charge in [0.15, 0.2) is 0 Å². The van der Waals surface area contributed by atoms with Crippen LogP contribution >= 0.6 is 11.6 Å². The van der Waals surface area contributed by atoms with E-state index in [1.807, 2.05) is 0 Å². The summed E-state index contributed by atoms with van der Waals surface area (Å²) in [6, 6.07) is 4.86. The minimum atomic E-state index is -1.07. The fourth-order valence-electron chi connectivity index (χ4n) is 1.93. The summed E-state index contributed by atoms with van der Waals surface area (Å²) >= 11 is 5.72. The van der Waals surface area contributed by atoms with Crippen molar-refractivity contribution in [1.29, 1.82) is 0 Å². The molecule has 0 radical (unpaired) electrons. The summed E-state index contributed by atoms with van der Waals surface area (Å²) in [4.78, 5) is 0. The highest BCUT2D eigenvalue weighted by Crippen LogP contribution is 2.20. The first-order valence-corrected chi connectivity index (χ1v) is 6.63. The van der Waals surface area contributed by atoms with E-state index in [0.717, 1.165) is 0 Å². The molecule has 0 aliphatic carbocycles. The Morgan fingerprint density at radius 3 is 2.90 bits per heavy atom. The van der Waals surface area contributed by atoms with E-state index < -0.39 is 11.4 Å². The lowest BCUT2D eigenvalue weighted by Crippen LogP contribution is -2.35. The Bertz CT molecular complexity index is 598. The molecule has 2 N–H and O–H groups in total. The molecular weight excluding hydrogens is 281 g/mol. The molecule has 1 heterocycles. The van der Waals surface area contributed by atoms with E-state index >= 15 is 0 Å². The van der Waals surface area contributed by atoms with Gasteiger partial charge in [-0.25, -0.2) is 4.39 Å². The maximum Gasteiger partial charge on any atom is 0.146 e. The van der Waals surface area contributed by atoms with E-state index in [4.69, 9.17) is 11.6 Å². The number of aromatic nitrogens is 2. The molecule has 1 aromatic heterocycles. The van der Waals surface area contributed by atoms with Crippen LogP contribution in [0.3, 0.4) is 0 Å². The third-order valence-corrected chi connectivity index (χ3v) is 3.43. The van der Waals surface area contributed by atoms with Crippen LogP contribution in [0.5, 0.6) is 0 Å². The lowest BCUT2D eigenvalue weighted by atomic mass is 9.99. The number of nitrogens with zero attached hydrogens (tertiary/aromatic N) is 2. The van der Waals surface area contributed by atoms with Crippen molar-refractivity contribution in [2.24, 2.45) is 7.05 Å². The van der Waals surface area contributed by atoms with Crippen molar-refractivity contribution in [3.63, 3.8) is 0 Å². The Morgan fingerprint density at radius 1 is 1.50 bits per heavy atom. The summed E-state index contributed by atoms with van der Waals surface area (Å²) in [7, 11) is 1.79. The molecule has 4 nitrogen and oxygen atoms in total. The van der Waals surface area contributed by atoms with Crippen molar-refractivity contribution >= 4 is 11.6 Å². The van der Waals surface area contributed by atoms with E-state index in [-0.39, 0.29) is 11.6 Å². The minimum Gasteiger partial charge on any atom is -0.384 e. The molecule has 0 fully saturated rings. The van der Waals surface area contributed by atoms with Gasteiger partial charge in [-0.2, -0.15) is 5.10 Å². The van der Waals surface area contributed by atoms with Crippen LogP contribution in [-0.2, 0) is 19.2 Å². The van der Waals surface area contributed by atoms with Crippen molar-refractivity contribution < 1.29 is 9.50 Å². The molecule has 20 heavy (non-hydrogen) atoms. The van der Waals surface area contributed by atoms with Gasteiger partial charge in [0.1, 0.15) is 11.4 Å². The number of benzene rings is 1. The molecule has 6 heteroatoms. The van der Waals surface area contributed by atoms with Crippen LogP contribution in [0.15, 0.2) is 30.6 Å². The molecule has 0 aliphatic heterocycles. The average molecular weight is 298 g/mol. The Balaban J connectivity index is 1.97. The fourth-order valence-corrected chi connectivity index (χ4v) is 2.12. The van der Waals surface area contributed by atoms with Gasteiger partial charge in [-0.15, -0.1) is 0 Å². The number of halogens is 2. The molecule has 0 saturated carbocycles. The predicted molar refractivity (Wildman–Crippen MR) is 75.9 cm³/mol. The number of rotatable bonds is 5. The molecule has 0 saturated heterocycles. The summed E-state index contributed by atoms with van der Waals surface area (Å²) in [6.07, 6.45) is 3.36. The second-order valence-corrected chi connectivity index (χ2v) is 5.40. The second kappa shape index (κ2) is 5.91. The van der Waals surface area contributed by atoms with Crippen molar-refractivity contribution in [1.82, 2.24) is 15.1 Å². The first-order valence-electron chi connectivity index (χ1n) is 6.25. The van der Waals surface area contributed by atoms with E-state index in [1.54, 1.807) is 43.2 Å². The highest BCUT2D eigenvalue weighted by molar-refractivity contribution is 6.30. The third kappa shape index (κ3) is 3.36. The molecular formula is C14H17ClFN3O. The zero-order valence-electron chi connectivity index (χ0n) is 11.4. The summed E-state index contributed by atoms with van der Waals surface area (Å²) in [5.74, 6) is -0.428. The Labute approximate surface area is 122 Å². The highest BCUT2D eigenvalue weighted by atomic mass is 35.5. The SMILES string of the molecule is Cn1cc(C(C)(O)CNCc2cccc(Cl)c2F)cn1. The highest BCUT2D eigenvalue weighted by Gasteiger charge is 2.24. The van der Waals surface area contributed by atoms with Gasteiger partial charge in [-0.1, -0.05) is 23.7 Å². The molecule has 0 amide bonds. The first kappa shape index (κ1) is 15.0. The summed E-state index contributed by atoms with van der Waals surface area (Å²) in [6.45, 7) is 2.26. The van der Waals surface area contributed by atoms with E-state index in [1.165, 1.54) is 6.07 Å². The number of aliphatic hydroxyl groups is 1. The van der Waals surface area contributed by atoms with Gasteiger partial charge in [0, 0.05) is 37.5 Å². The summed E-state index contributed by atoms with van der Waals surface area (Å²) < 4.78 is 15.3. The van der Waals surface area contributed by atoms with E-state index in [2.05, 4.69) is 10.4 Å². The van der Waals surface area contributed by atoms with Gasteiger partial charge in [0.2, 0.25) is 0 Å². The fraction of sp³-hybridized carbons (Fsp3) is 0.357. The molecule has 2 rings (SSSR count). The van der Waals surface area contributed by atoms with Crippen LogP contribution in [0.2, 0.25) is 5.02 Å². The maximum absolute atomic E-state index is 13.7. The van der Waals surface area contributed by atoms with Crippen LogP contribution in [0.4, 0.5) is 4.39 Å². The smallest absolute Gasteiger partial charge is 0.146 e.